The molecule has 0 saturated heterocycles. The fourth-order valence-corrected chi connectivity index (χ4v) is 0.612. The average molecular weight is 185 g/mol. The van der Waals surface area contributed by atoms with Crippen LogP contribution in [-0.4, -0.2) is 17.8 Å². The predicted molar refractivity (Wildman–Crippen MR) is 43.5 cm³/mol. The van der Waals surface area contributed by atoms with Crippen molar-refractivity contribution in [3.63, 3.8) is 0 Å². The van der Waals surface area contributed by atoms with Gasteiger partial charge in [0.15, 0.2) is 0 Å². The largest absolute Gasteiger partial charge is 0.187 e. The van der Waals surface area contributed by atoms with Gasteiger partial charge in [0.25, 0.3) is 0 Å². The summed E-state index contributed by atoms with van der Waals surface area (Å²) in [6.07, 6.45) is 2.30. The van der Waals surface area contributed by atoms with E-state index in [1.165, 1.54) is 11.5 Å². The van der Waals surface area contributed by atoms with Crippen molar-refractivity contribution in [3.8, 4) is 0 Å². The van der Waals surface area contributed by atoms with Gasteiger partial charge >= 0.3 is 0 Å². The summed E-state index contributed by atoms with van der Waals surface area (Å²) in [4.78, 5) is 0. The third-order valence-corrected chi connectivity index (χ3v) is 6.36. The highest BCUT2D eigenvalue weighted by Crippen LogP contribution is 2.50. The molecule has 0 aliphatic rings. The first-order valence-corrected chi connectivity index (χ1v) is 6.78. The molecule has 0 aromatic rings. The van der Waals surface area contributed by atoms with Crippen LogP contribution in [0.15, 0.2) is 0 Å². The molecule has 0 saturated carbocycles. The van der Waals surface area contributed by atoms with Gasteiger partial charge in [-0.2, -0.15) is 8.46 Å². The minimum Gasteiger partial charge on any atom is -0.187 e. The van der Waals surface area contributed by atoms with Crippen LogP contribution in [0.5, 0.6) is 0 Å². The molecule has 2 heteroatoms. The quantitative estimate of drug-likeness (QED) is 0.620. The zero-order valence-electron chi connectivity index (χ0n) is 5.20. The molecule has 0 spiro atoms. The van der Waals surface area contributed by atoms with Gasteiger partial charge < -0.3 is 0 Å². The number of rotatable bonds is 2. The van der Waals surface area contributed by atoms with E-state index in [0.717, 1.165) is 0 Å². The van der Waals surface area contributed by atoms with Crippen LogP contribution in [0.1, 0.15) is 13.8 Å². The Kier molecular flexibility index (Phi) is 3.33. The highest BCUT2D eigenvalue weighted by Gasteiger charge is 2.05. The van der Waals surface area contributed by atoms with Crippen LogP contribution in [0, 0.1) is 0 Å². The molecule has 0 aromatic heterocycles. The lowest BCUT2D eigenvalue weighted by Gasteiger charge is -2.23. The lowest BCUT2D eigenvalue weighted by atomic mass is 11.0. The molecule has 7 heavy (non-hydrogen) atoms. The smallest absolute Gasteiger partial charge is 0.0167 e. The summed E-state index contributed by atoms with van der Waals surface area (Å²) in [7, 11) is -0.345. The molecule has 0 unspecified atom stereocenters. The van der Waals surface area contributed by atoms with E-state index in [0.29, 0.717) is 0 Å². The van der Waals surface area contributed by atoms with Crippen LogP contribution in [0.2, 0.25) is 0 Å². The molecule has 0 rings (SSSR count). The standard InChI is InChI=1S/C5H13BrS/c1-4-7(3,6)5-2/h4-5H2,1-3H3. The maximum absolute atomic E-state index is 3.66. The predicted octanol–water partition coefficient (Wildman–Crippen LogP) is 2.77. The molecule has 0 amide bonds. The second-order valence-electron chi connectivity index (χ2n) is 1.73. The molecule has 0 nitrogen and oxygen atoms in total. The highest BCUT2D eigenvalue weighted by molar-refractivity contribution is 9.58. The van der Waals surface area contributed by atoms with E-state index in [4.69, 9.17) is 0 Å². The SMILES string of the molecule is CCS(C)(Br)CC. The monoisotopic (exact) mass is 184 g/mol. The first kappa shape index (κ1) is 7.83. The lowest BCUT2D eigenvalue weighted by molar-refractivity contribution is 1.44. The Labute approximate surface area is 55.2 Å². The molecule has 0 radical (unpaired) electrons. The molecule has 0 bridgehead atoms. The molecule has 0 aliphatic carbocycles. The van der Waals surface area contributed by atoms with E-state index in [2.05, 4.69) is 34.9 Å². The normalized spacial score (nSPS) is 14.3. The molecule has 0 heterocycles. The Balaban J connectivity index is 3.36. The lowest BCUT2D eigenvalue weighted by Crippen LogP contribution is -1.92. The summed E-state index contributed by atoms with van der Waals surface area (Å²) in [5.41, 5.74) is 0. The summed E-state index contributed by atoms with van der Waals surface area (Å²) in [6.45, 7) is 4.46. The second kappa shape index (κ2) is 2.98. The fraction of sp³-hybridized carbons (Fsp3) is 1.00. The molecule has 46 valence electrons. The topological polar surface area (TPSA) is 0 Å². The Hall–Kier alpha value is 0.830. The zero-order chi connectivity index (χ0) is 5.91. The Morgan fingerprint density at radius 3 is 1.57 bits per heavy atom. The number of hydrogen-bond acceptors (Lipinski definition) is 0. The Morgan fingerprint density at radius 1 is 1.29 bits per heavy atom. The van der Waals surface area contributed by atoms with Gasteiger partial charge in [-0.1, -0.05) is 13.8 Å². The van der Waals surface area contributed by atoms with Gasteiger partial charge in [-0.15, -0.1) is 0 Å². The average Bonchev–Trinajstić information content (AvgIpc) is 1.68. The van der Waals surface area contributed by atoms with Crippen LogP contribution >= 0.6 is 23.3 Å². The van der Waals surface area contributed by atoms with E-state index in [1.54, 1.807) is 0 Å². The van der Waals surface area contributed by atoms with E-state index in [9.17, 15) is 0 Å². The second-order valence-corrected chi connectivity index (χ2v) is 9.88. The maximum atomic E-state index is 3.66. The third kappa shape index (κ3) is 3.42. The van der Waals surface area contributed by atoms with Crippen LogP contribution in [0.4, 0.5) is 0 Å². The van der Waals surface area contributed by atoms with Crippen LogP contribution in [0.25, 0.3) is 0 Å². The molecular formula is C5H13BrS. The summed E-state index contributed by atoms with van der Waals surface area (Å²) in [5, 5.41) is 0. The van der Waals surface area contributed by atoms with Gasteiger partial charge in [-0.3, -0.25) is 0 Å². The molecule has 0 aliphatic heterocycles. The van der Waals surface area contributed by atoms with E-state index in [1.807, 2.05) is 0 Å². The minimum atomic E-state index is -0.345. The van der Waals surface area contributed by atoms with Crippen molar-refractivity contribution in [2.75, 3.05) is 17.8 Å². The number of hydrogen-bond donors (Lipinski definition) is 0. The Morgan fingerprint density at radius 2 is 1.57 bits per heavy atom. The van der Waals surface area contributed by atoms with Gasteiger partial charge in [-0.05, 0) is 32.6 Å². The van der Waals surface area contributed by atoms with Gasteiger partial charge in [0.1, 0.15) is 0 Å². The van der Waals surface area contributed by atoms with E-state index in [-0.39, 0.29) is 8.46 Å². The van der Waals surface area contributed by atoms with Gasteiger partial charge in [0, 0.05) is 0 Å². The first-order valence-electron chi connectivity index (χ1n) is 2.55. The van der Waals surface area contributed by atoms with Gasteiger partial charge in [-0.25, -0.2) is 0 Å². The van der Waals surface area contributed by atoms with Crippen LogP contribution in [-0.2, 0) is 0 Å². The van der Waals surface area contributed by atoms with Crippen molar-refractivity contribution in [2.45, 2.75) is 13.8 Å². The van der Waals surface area contributed by atoms with Crippen molar-refractivity contribution in [3.05, 3.63) is 0 Å². The molecule has 0 N–H and O–H groups in total. The first-order chi connectivity index (χ1) is 3.12. The molecule has 0 aromatic carbocycles. The summed E-state index contributed by atoms with van der Waals surface area (Å²) < 4.78 is 0. The van der Waals surface area contributed by atoms with Crippen molar-refractivity contribution in [1.82, 2.24) is 0 Å². The van der Waals surface area contributed by atoms with Crippen molar-refractivity contribution < 1.29 is 0 Å². The molecule has 0 atom stereocenters. The van der Waals surface area contributed by atoms with Crippen LogP contribution in [0.3, 0.4) is 0 Å². The maximum Gasteiger partial charge on any atom is -0.0167 e. The van der Waals surface area contributed by atoms with Gasteiger partial charge in [0.2, 0.25) is 0 Å². The highest BCUT2D eigenvalue weighted by atomic mass is 79.9. The summed E-state index contributed by atoms with van der Waals surface area (Å²) in [5.74, 6) is 2.59. The molecule has 0 fully saturated rings. The van der Waals surface area contributed by atoms with Gasteiger partial charge in [0.05, 0.1) is 0 Å². The van der Waals surface area contributed by atoms with E-state index < -0.39 is 0 Å². The third-order valence-electron chi connectivity index (χ3n) is 1.20. The summed E-state index contributed by atoms with van der Waals surface area (Å²) in [6, 6.07) is 0. The zero-order valence-corrected chi connectivity index (χ0v) is 7.60. The Bertz CT molecular complexity index is 46.0. The van der Waals surface area contributed by atoms with Crippen molar-refractivity contribution in [2.24, 2.45) is 0 Å². The fourth-order valence-electron chi connectivity index (χ4n) is 0.204. The number of halogens is 1. The summed E-state index contributed by atoms with van der Waals surface area (Å²) >= 11 is 3.66. The van der Waals surface area contributed by atoms with Crippen molar-refractivity contribution in [1.29, 1.82) is 0 Å². The van der Waals surface area contributed by atoms with Crippen LogP contribution < -0.4 is 0 Å². The van der Waals surface area contributed by atoms with E-state index >= 15 is 0 Å². The molecular weight excluding hydrogens is 172 g/mol. The minimum absolute atomic E-state index is 0.345. The van der Waals surface area contributed by atoms with Crippen molar-refractivity contribution >= 4 is 23.3 Å².